The summed E-state index contributed by atoms with van der Waals surface area (Å²) < 4.78 is 28.5. The third-order valence-corrected chi connectivity index (χ3v) is 7.55. The van der Waals surface area contributed by atoms with Gasteiger partial charge in [0.2, 0.25) is 5.91 Å². The third-order valence-electron chi connectivity index (χ3n) is 5.55. The monoisotopic (exact) mass is 343 g/mol. The molecule has 1 atom stereocenters. The summed E-state index contributed by atoms with van der Waals surface area (Å²) in [5, 5.41) is 0. The van der Waals surface area contributed by atoms with Crippen LogP contribution in [0.15, 0.2) is 0 Å². The van der Waals surface area contributed by atoms with Crippen LogP contribution in [0.2, 0.25) is 0 Å². The van der Waals surface area contributed by atoms with E-state index in [1.807, 2.05) is 4.90 Å². The lowest BCUT2D eigenvalue weighted by Gasteiger charge is -2.37. The fraction of sp³-hybridized carbons (Fsp3) is 0.938. The Hall–Kier alpha value is -0.660. The Morgan fingerprint density at radius 1 is 0.870 bits per heavy atom. The summed E-state index contributed by atoms with van der Waals surface area (Å²) in [5.41, 5.74) is 0. The van der Waals surface area contributed by atoms with E-state index < -0.39 is 10.2 Å². The van der Waals surface area contributed by atoms with Gasteiger partial charge >= 0.3 is 0 Å². The van der Waals surface area contributed by atoms with Crippen molar-refractivity contribution in [2.24, 2.45) is 11.8 Å². The first-order valence-electron chi connectivity index (χ1n) is 9.02. The highest BCUT2D eigenvalue weighted by molar-refractivity contribution is 7.86. The summed E-state index contributed by atoms with van der Waals surface area (Å²) in [4.78, 5) is 14.7. The van der Waals surface area contributed by atoms with Gasteiger partial charge in [-0.1, -0.05) is 6.92 Å². The molecule has 1 amide bonds. The number of hydrogen-bond acceptors (Lipinski definition) is 3. The van der Waals surface area contributed by atoms with Crippen LogP contribution in [0.4, 0.5) is 0 Å². The zero-order valence-electron chi connectivity index (χ0n) is 14.1. The van der Waals surface area contributed by atoms with Gasteiger partial charge in [0.25, 0.3) is 10.2 Å². The largest absolute Gasteiger partial charge is 0.342 e. The van der Waals surface area contributed by atoms with Gasteiger partial charge in [0.15, 0.2) is 0 Å². The van der Waals surface area contributed by atoms with Gasteiger partial charge in [-0.25, -0.2) is 0 Å². The van der Waals surface area contributed by atoms with Crippen molar-refractivity contribution < 1.29 is 13.2 Å². The molecule has 23 heavy (non-hydrogen) atoms. The molecular weight excluding hydrogens is 314 g/mol. The second-order valence-electron chi connectivity index (χ2n) is 7.32. The summed E-state index contributed by atoms with van der Waals surface area (Å²) >= 11 is 0. The lowest BCUT2D eigenvalue weighted by molar-refractivity contribution is -0.138. The average Bonchev–Trinajstić information content (AvgIpc) is 3.10. The molecule has 3 heterocycles. The number of hydrogen-bond donors (Lipinski definition) is 0. The number of nitrogens with zero attached hydrogens (tertiary/aromatic N) is 3. The van der Waals surface area contributed by atoms with Gasteiger partial charge in [0.05, 0.1) is 5.92 Å². The number of rotatable bonds is 3. The molecule has 0 aromatic heterocycles. The number of carbonyl (C=O) groups excluding carboxylic acids is 1. The first kappa shape index (κ1) is 17.2. The van der Waals surface area contributed by atoms with Crippen LogP contribution in [-0.4, -0.2) is 67.1 Å². The first-order valence-corrected chi connectivity index (χ1v) is 10.4. The maximum absolute atomic E-state index is 12.7. The first-order chi connectivity index (χ1) is 11.0. The fourth-order valence-corrected chi connectivity index (χ4v) is 5.70. The normalized spacial score (nSPS) is 29.1. The van der Waals surface area contributed by atoms with Crippen LogP contribution in [0, 0.1) is 11.8 Å². The van der Waals surface area contributed by atoms with E-state index in [0.717, 1.165) is 51.6 Å². The minimum atomic E-state index is -3.37. The molecular formula is C16H29N3O3S. The summed E-state index contributed by atoms with van der Waals surface area (Å²) in [6.45, 7) is 6.06. The Morgan fingerprint density at radius 2 is 1.48 bits per heavy atom. The zero-order valence-corrected chi connectivity index (χ0v) is 14.9. The van der Waals surface area contributed by atoms with Crippen molar-refractivity contribution in [3.8, 4) is 0 Å². The van der Waals surface area contributed by atoms with Crippen molar-refractivity contribution in [2.75, 3.05) is 39.3 Å². The van der Waals surface area contributed by atoms with E-state index in [-0.39, 0.29) is 11.8 Å². The Balaban J connectivity index is 1.62. The molecule has 0 aromatic carbocycles. The third kappa shape index (κ3) is 3.72. The predicted molar refractivity (Wildman–Crippen MR) is 89.0 cm³/mol. The minimum Gasteiger partial charge on any atom is -0.342 e. The van der Waals surface area contributed by atoms with Gasteiger partial charge in [0.1, 0.15) is 0 Å². The Bertz CT molecular complexity index is 523. The minimum absolute atomic E-state index is 0.158. The summed E-state index contributed by atoms with van der Waals surface area (Å²) in [6, 6.07) is 0. The number of likely N-dealkylation sites (tertiary alicyclic amines) is 1. The Kier molecular flexibility index (Phi) is 5.28. The highest BCUT2D eigenvalue weighted by Crippen LogP contribution is 2.26. The van der Waals surface area contributed by atoms with Crippen LogP contribution in [0.5, 0.6) is 0 Å². The molecule has 0 N–H and O–H groups in total. The zero-order chi connectivity index (χ0) is 16.4. The highest BCUT2D eigenvalue weighted by Gasteiger charge is 2.38. The molecule has 3 saturated heterocycles. The summed E-state index contributed by atoms with van der Waals surface area (Å²) in [5.74, 6) is 0.699. The quantitative estimate of drug-likeness (QED) is 0.776. The fourth-order valence-electron chi connectivity index (χ4n) is 3.92. The molecule has 3 rings (SSSR count). The lowest BCUT2D eigenvalue weighted by atomic mass is 9.94. The summed E-state index contributed by atoms with van der Waals surface area (Å²) in [6.07, 6.45) is 5.62. The molecule has 0 radical (unpaired) electrons. The molecule has 0 aliphatic carbocycles. The topological polar surface area (TPSA) is 60.9 Å². The van der Waals surface area contributed by atoms with Crippen LogP contribution < -0.4 is 0 Å². The molecule has 7 heteroatoms. The van der Waals surface area contributed by atoms with E-state index in [2.05, 4.69) is 6.92 Å². The van der Waals surface area contributed by atoms with E-state index in [0.29, 0.717) is 32.1 Å². The van der Waals surface area contributed by atoms with Crippen LogP contribution in [-0.2, 0) is 15.0 Å². The Labute approximate surface area is 140 Å². The van der Waals surface area contributed by atoms with Crippen molar-refractivity contribution in [1.82, 2.24) is 13.5 Å². The molecule has 132 valence electrons. The molecule has 0 spiro atoms. The smallest absolute Gasteiger partial charge is 0.281 e. The van der Waals surface area contributed by atoms with Crippen molar-refractivity contribution in [3.05, 3.63) is 0 Å². The van der Waals surface area contributed by atoms with Crippen molar-refractivity contribution in [1.29, 1.82) is 0 Å². The average molecular weight is 343 g/mol. The van der Waals surface area contributed by atoms with Crippen molar-refractivity contribution in [2.45, 2.75) is 45.4 Å². The van der Waals surface area contributed by atoms with E-state index in [9.17, 15) is 13.2 Å². The molecule has 0 unspecified atom stereocenters. The van der Waals surface area contributed by atoms with Crippen molar-refractivity contribution >= 4 is 16.1 Å². The van der Waals surface area contributed by atoms with Crippen molar-refractivity contribution in [3.63, 3.8) is 0 Å². The van der Waals surface area contributed by atoms with Gasteiger partial charge in [-0.15, -0.1) is 0 Å². The number of amides is 1. The molecule has 6 nitrogen and oxygen atoms in total. The maximum Gasteiger partial charge on any atom is 0.281 e. The van der Waals surface area contributed by atoms with Gasteiger partial charge < -0.3 is 4.90 Å². The second kappa shape index (κ2) is 7.07. The van der Waals surface area contributed by atoms with Gasteiger partial charge in [-0.2, -0.15) is 17.0 Å². The number of piperidine rings is 2. The highest BCUT2D eigenvalue weighted by atomic mass is 32.2. The van der Waals surface area contributed by atoms with E-state index in [1.165, 1.54) is 0 Å². The molecule has 0 saturated carbocycles. The maximum atomic E-state index is 12.7. The SMILES string of the molecule is CC1CCN(C(=O)[C@H]2CCCN(S(=O)(=O)N3CCCC3)C2)CC1. The molecule has 0 aromatic rings. The lowest BCUT2D eigenvalue weighted by Crippen LogP contribution is -2.51. The summed E-state index contributed by atoms with van der Waals surface area (Å²) in [7, 11) is -3.37. The van der Waals surface area contributed by atoms with Crippen LogP contribution in [0.3, 0.4) is 0 Å². The molecule has 0 bridgehead atoms. The molecule has 3 fully saturated rings. The Morgan fingerprint density at radius 3 is 2.13 bits per heavy atom. The standard InChI is InChI=1S/C16H29N3O3S/c1-14-6-11-17(12-7-14)16(20)15-5-4-10-19(13-15)23(21,22)18-8-2-3-9-18/h14-15H,2-13H2,1H3/t15-/m0/s1. The second-order valence-corrected chi connectivity index (χ2v) is 9.25. The van der Waals surface area contributed by atoms with E-state index >= 15 is 0 Å². The molecule has 3 aliphatic heterocycles. The van der Waals surface area contributed by atoms with Crippen LogP contribution in [0.1, 0.15) is 45.4 Å². The van der Waals surface area contributed by atoms with Gasteiger partial charge in [-0.3, -0.25) is 4.79 Å². The van der Waals surface area contributed by atoms with Crippen LogP contribution in [0.25, 0.3) is 0 Å². The predicted octanol–water partition coefficient (Wildman–Crippen LogP) is 1.30. The van der Waals surface area contributed by atoms with Gasteiger partial charge in [-0.05, 0) is 44.4 Å². The van der Waals surface area contributed by atoms with Crippen LogP contribution >= 0.6 is 0 Å². The molecule has 3 aliphatic rings. The van der Waals surface area contributed by atoms with Gasteiger partial charge in [0, 0.05) is 39.3 Å². The van der Waals surface area contributed by atoms with E-state index in [1.54, 1.807) is 8.61 Å². The number of carbonyl (C=O) groups is 1. The van der Waals surface area contributed by atoms with E-state index in [4.69, 9.17) is 0 Å².